The van der Waals surface area contributed by atoms with Gasteiger partial charge in [-0.15, -0.1) is 0 Å². The fraction of sp³-hybridized carbons (Fsp3) is 0.429. The van der Waals surface area contributed by atoms with E-state index in [9.17, 15) is 0 Å². The maximum Gasteiger partial charge on any atom is 0.169 e. The molecule has 19 heavy (non-hydrogen) atoms. The molecule has 1 aromatic carbocycles. The highest BCUT2D eigenvalue weighted by molar-refractivity contribution is 8.00. The monoisotopic (exact) mass is 293 g/mol. The fourth-order valence-corrected chi connectivity index (χ4v) is 3.65. The molecule has 1 N–H and O–H groups in total. The summed E-state index contributed by atoms with van der Waals surface area (Å²) in [5.74, 6) is 0.979. The van der Waals surface area contributed by atoms with Crippen molar-refractivity contribution in [1.29, 1.82) is 0 Å². The Kier molecular flexibility index (Phi) is 5.36. The second-order valence-electron chi connectivity index (χ2n) is 4.49. The molecule has 2 rings (SSSR count). The van der Waals surface area contributed by atoms with E-state index in [0.29, 0.717) is 6.04 Å². The molecule has 1 atom stereocenters. The fourth-order valence-electron chi connectivity index (χ4n) is 2.10. The molecule has 0 saturated carbocycles. The summed E-state index contributed by atoms with van der Waals surface area (Å²) in [5, 5.41) is 3.56. The third-order valence-electron chi connectivity index (χ3n) is 2.97. The van der Waals surface area contributed by atoms with Crippen LogP contribution in [0.25, 0.3) is 0 Å². The second-order valence-corrected chi connectivity index (χ2v) is 6.54. The number of nitrogens with zero attached hydrogens (tertiary/aromatic N) is 2. The SMILES string of the molecule is CCNC(CSc1ncns1)c1ccc(C)cc1C. The van der Waals surface area contributed by atoms with Gasteiger partial charge in [-0.3, -0.25) is 0 Å². The number of aromatic nitrogens is 2. The van der Waals surface area contributed by atoms with Crippen molar-refractivity contribution in [3.8, 4) is 0 Å². The van der Waals surface area contributed by atoms with E-state index in [-0.39, 0.29) is 0 Å². The molecule has 0 saturated heterocycles. The second kappa shape index (κ2) is 7.03. The highest BCUT2D eigenvalue weighted by Gasteiger charge is 2.14. The Morgan fingerprint density at radius 3 is 2.84 bits per heavy atom. The number of thioether (sulfide) groups is 1. The molecule has 1 heterocycles. The molecule has 1 unspecified atom stereocenters. The molecule has 0 spiro atoms. The van der Waals surface area contributed by atoms with Crippen LogP contribution in [0.1, 0.15) is 29.7 Å². The van der Waals surface area contributed by atoms with E-state index in [1.807, 2.05) is 0 Å². The van der Waals surface area contributed by atoms with Gasteiger partial charge in [-0.1, -0.05) is 42.4 Å². The number of rotatable bonds is 6. The van der Waals surface area contributed by atoms with Gasteiger partial charge in [0, 0.05) is 11.8 Å². The first-order chi connectivity index (χ1) is 9.20. The Hall–Kier alpha value is -0.910. The predicted molar refractivity (Wildman–Crippen MR) is 83.0 cm³/mol. The lowest BCUT2D eigenvalue weighted by molar-refractivity contribution is 0.603. The zero-order valence-electron chi connectivity index (χ0n) is 11.5. The maximum absolute atomic E-state index is 4.22. The topological polar surface area (TPSA) is 37.8 Å². The number of benzene rings is 1. The average molecular weight is 293 g/mol. The summed E-state index contributed by atoms with van der Waals surface area (Å²) in [5.41, 5.74) is 4.04. The van der Waals surface area contributed by atoms with Crippen LogP contribution in [-0.4, -0.2) is 21.7 Å². The zero-order valence-corrected chi connectivity index (χ0v) is 13.1. The van der Waals surface area contributed by atoms with Crippen molar-refractivity contribution in [2.24, 2.45) is 0 Å². The predicted octanol–water partition coefficient (Wildman–Crippen LogP) is 3.60. The maximum atomic E-state index is 4.22. The van der Waals surface area contributed by atoms with E-state index in [2.05, 4.69) is 53.6 Å². The molecule has 0 fully saturated rings. The Balaban J connectivity index is 2.10. The molecule has 0 aliphatic carbocycles. The van der Waals surface area contributed by atoms with Crippen LogP contribution in [0, 0.1) is 13.8 Å². The summed E-state index contributed by atoms with van der Waals surface area (Å²) in [4.78, 5) is 4.22. The molecule has 0 aliphatic rings. The first-order valence-electron chi connectivity index (χ1n) is 6.40. The Morgan fingerprint density at radius 2 is 2.21 bits per heavy atom. The molecule has 0 radical (unpaired) electrons. The molecule has 3 nitrogen and oxygen atoms in total. The van der Waals surface area contributed by atoms with Gasteiger partial charge in [-0.25, -0.2) is 4.98 Å². The van der Waals surface area contributed by atoms with E-state index >= 15 is 0 Å². The van der Waals surface area contributed by atoms with Crippen molar-refractivity contribution < 1.29 is 0 Å². The number of hydrogen-bond acceptors (Lipinski definition) is 5. The summed E-state index contributed by atoms with van der Waals surface area (Å²) < 4.78 is 5.07. The highest BCUT2D eigenvalue weighted by Crippen LogP contribution is 2.27. The lowest BCUT2D eigenvalue weighted by Crippen LogP contribution is -2.23. The third kappa shape index (κ3) is 4.03. The van der Waals surface area contributed by atoms with E-state index in [1.54, 1.807) is 18.1 Å². The van der Waals surface area contributed by atoms with Crippen molar-refractivity contribution in [3.63, 3.8) is 0 Å². The normalized spacial score (nSPS) is 12.6. The first-order valence-corrected chi connectivity index (χ1v) is 8.16. The van der Waals surface area contributed by atoms with E-state index < -0.39 is 0 Å². The van der Waals surface area contributed by atoms with Gasteiger partial charge in [-0.2, -0.15) is 4.37 Å². The van der Waals surface area contributed by atoms with Crippen molar-refractivity contribution in [1.82, 2.24) is 14.7 Å². The molecular formula is C14H19N3S2. The van der Waals surface area contributed by atoms with Gasteiger partial charge in [0.2, 0.25) is 0 Å². The molecule has 5 heteroatoms. The summed E-state index contributed by atoms with van der Waals surface area (Å²) in [6.07, 6.45) is 1.62. The van der Waals surface area contributed by atoms with E-state index in [0.717, 1.165) is 16.6 Å². The van der Waals surface area contributed by atoms with Crippen LogP contribution in [0.3, 0.4) is 0 Å². The summed E-state index contributed by atoms with van der Waals surface area (Å²) in [6, 6.07) is 7.02. The van der Waals surface area contributed by atoms with E-state index in [4.69, 9.17) is 0 Å². The summed E-state index contributed by atoms with van der Waals surface area (Å²) in [6.45, 7) is 7.43. The highest BCUT2D eigenvalue weighted by atomic mass is 32.2. The lowest BCUT2D eigenvalue weighted by Gasteiger charge is -2.20. The van der Waals surface area contributed by atoms with Gasteiger partial charge in [0.05, 0.1) is 0 Å². The minimum atomic E-state index is 0.361. The Morgan fingerprint density at radius 1 is 1.37 bits per heavy atom. The van der Waals surface area contributed by atoms with E-state index in [1.165, 1.54) is 28.2 Å². The number of aryl methyl sites for hydroxylation is 2. The quantitative estimate of drug-likeness (QED) is 0.826. The van der Waals surface area contributed by atoms with Gasteiger partial charge in [0.1, 0.15) is 6.33 Å². The number of hydrogen-bond donors (Lipinski definition) is 1. The van der Waals surface area contributed by atoms with Crippen molar-refractivity contribution in [3.05, 3.63) is 41.2 Å². The van der Waals surface area contributed by atoms with Crippen molar-refractivity contribution in [2.75, 3.05) is 12.3 Å². The van der Waals surface area contributed by atoms with Gasteiger partial charge in [-0.05, 0) is 43.1 Å². The van der Waals surface area contributed by atoms with Crippen LogP contribution in [0.2, 0.25) is 0 Å². The van der Waals surface area contributed by atoms with Crippen LogP contribution in [0.15, 0.2) is 28.9 Å². The standard InChI is InChI=1S/C14H19N3S2/c1-4-15-13(8-18-14-16-9-17-19-14)12-6-5-10(2)7-11(12)3/h5-7,9,13,15H,4,8H2,1-3H3. The summed E-state index contributed by atoms with van der Waals surface area (Å²) >= 11 is 3.22. The molecular weight excluding hydrogens is 274 g/mol. The molecule has 0 bridgehead atoms. The minimum Gasteiger partial charge on any atom is -0.309 e. The van der Waals surface area contributed by atoms with Crippen LogP contribution in [-0.2, 0) is 0 Å². The largest absolute Gasteiger partial charge is 0.309 e. The zero-order chi connectivity index (χ0) is 13.7. The minimum absolute atomic E-state index is 0.361. The molecule has 102 valence electrons. The lowest BCUT2D eigenvalue weighted by atomic mass is 10.0. The van der Waals surface area contributed by atoms with Crippen LogP contribution in [0.5, 0.6) is 0 Å². The Labute approximate surface area is 123 Å². The van der Waals surface area contributed by atoms with Crippen LogP contribution < -0.4 is 5.32 Å². The van der Waals surface area contributed by atoms with Gasteiger partial charge in [0.15, 0.2) is 4.34 Å². The molecule has 1 aromatic heterocycles. The third-order valence-corrected chi connectivity index (χ3v) is 4.86. The smallest absolute Gasteiger partial charge is 0.169 e. The van der Waals surface area contributed by atoms with Gasteiger partial charge in [0.25, 0.3) is 0 Å². The first kappa shape index (κ1) is 14.5. The summed E-state index contributed by atoms with van der Waals surface area (Å²) in [7, 11) is 0. The van der Waals surface area contributed by atoms with Gasteiger partial charge >= 0.3 is 0 Å². The van der Waals surface area contributed by atoms with Crippen molar-refractivity contribution >= 4 is 23.3 Å². The van der Waals surface area contributed by atoms with Crippen LogP contribution >= 0.6 is 23.3 Å². The average Bonchev–Trinajstić information content (AvgIpc) is 2.88. The van der Waals surface area contributed by atoms with Crippen LogP contribution in [0.4, 0.5) is 0 Å². The number of nitrogens with one attached hydrogen (secondary N) is 1. The molecule has 2 aromatic rings. The Bertz CT molecular complexity index is 511. The van der Waals surface area contributed by atoms with Gasteiger partial charge < -0.3 is 5.32 Å². The molecule has 0 amide bonds. The molecule has 0 aliphatic heterocycles. The van der Waals surface area contributed by atoms with Crippen molar-refractivity contribution in [2.45, 2.75) is 31.2 Å².